The summed E-state index contributed by atoms with van der Waals surface area (Å²) in [5, 5.41) is 7.28. The van der Waals surface area contributed by atoms with Gasteiger partial charge in [-0.25, -0.2) is 0 Å². The molecule has 2 N–H and O–H groups in total. The Labute approximate surface area is 159 Å². The molecule has 0 saturated carbocycles. The van der Waals surface area contributed by atoms with Crippen LogP contribution in [0.1, 0.15) is 49.7 Å². The van der Waals surface area contributed by atoms with Crippen molar-refractivity contribution in [3.05, 3.63) is 63.7 Å². The molecule has 0 aliphatic rings. The van der Waals surface area contributed by atoms with Gasteiger partial charge < -0.3 is 14.8 Å². The molecule has 6 heteroatoms. The zero-order chi connectivity index (χ0) is 19.6. The van der Waals surface area contributed by atoms with Crippen molar-refractivity contribution >= 4 is 5.69 Å². The summed E-state index contributed by atoms with van der Waals surface area (Å²) in [5.74, 6) is 1.27. The van der Waals surface area contributed by atoms with E-state index in [0.717, 1.165) is 40.4 Å². The van der Waals surface area contributed by atoms with Crippen molar-refractivity contribution in [1.82, 2.24) is 15.1 Å². The number of pyridine rings is 2. The van der Waals surface area contributed by atoms with E-state index >= 15 is 0 Å². The Hall–Kier alpha value is -2.89. The number of hydrogen-bond donors (Lipinski definition) is 2. The van der Waals surface area contributed by atoms with Crippen molar-refractivity contribution in [2.75, 3.05) is 5.32 Å². The first-order valence-corrected chi connectivity index (χ1v) is 9.23. The maximum absolute atomic E-state index is 12.3. The lowest BCUT2D eigenvalue weighted by molar-refractivity contribution is 0.393. The van der Waals surface area contributed by atoms with Gasteiger partial charge in [-0.05, 0) is 51.3 Å². The molecule has 0 amide bonds. The molecular formula is C21H26N4O2. The van der Waals surface area contributed by atoms with Gasteiger partial charge in [0.15, 0.2) is 0 Å². The third-order valence-corrected chi connectivity index (χ3v) is 4.49. The maximum atomic E-state index is 12.3. The third kappa shape index (κ3) is 4.27. The number of aromatic amines is 1. The van der Waals surface area contributed by atoms with Crippen LogP contribution in [0.15, 0.2) is 39.8 Å². The molecule has 0 radical (unpaired) electrons. The quantitative estimate of drug-likeness (QED) is 0.675. The number of H-pyrrole nitrogens is 1. The van der Waals surface area contributed by atoms with Gasteiger partial charge >= 0.3 is 0 Å². The summed E-state index contributed by atoms with van der Waals surface area (Å²) >= 11 is 0. The van der Waals surface area contributed by atoms with Gasteiger partial charge in [0.25, 0.3) is 5.56 Å². The minimum atomic E-state index is -0.171. The topological polar surface area (TPSA) is 83.8 Å². The van der Waals surface area contributed by atoms with E-state index in [1.165, 1.54) is 0 Å². The SMILES string of the molecule is Cc1noc(C)c1-c1c[nH]c(=O)c(NC(C)c2cccc(CC(C)C)n2)c1. The number of nitrogens with one attached hydrogen (secondary N) is 2. The first-order chi connectivity index (χ1) is 12.8. The number of aryl methyl sites for hydroxylation is 2. The number of rotatable bonds is 6. The van der Waals surface area contributed by atoms with Crippen molar-refractivity contribution in [3.63, 3.8) is 0 Å². The molecule has 0 aliphatic heterocycles. The number of hydrogen-bond acceptors (Lipinski definition) is 5. The summed E-state index contributed by atoms with van der Waals surface area (Å²) in [6.45, 7) is 10.1. The van der Waals surface area contributed by atoms with Crippen LogP contribution in [0, 0.1) is 19.8 Å². The summed E-state index contributed by atoms with van der Waals surface area (Å²) in [4.78, 5) is 19.8. The number of aromatic nitrogens is 3. The maximum Gasteiger partial charge on any atom is 0.271 e. The highest BCUT2D eigenvalue weighted by Gasteiger charge is 2.15. The summed E-state index contributed by atoms with van der Waals surface area (Å²) in [5.41, 5.74) is 4.86. The van der Waals surface area contributed by atoms with Crippen LogP contribution in [0.5, 0.6) is 0 Å². The van der Waals surface area contributed by atoms with Gasteiger partial charge in [0.2, 0.25) is 0 Å². The molecule has 0 spiro atoms. The van der Waals surface area contributed by atoms with E-state index in [1.807, 2.05) is 45.0 Å². The highest BCUT2D eigenvalue weighted by molar-refractivity contribution is 5.70. The Morgan fingerprint density at radius 3 is 2.67 bits per heavy atom. The second-order valence-corrected chi connectivity index (χ2v) is 7.35. The average molecular weight is 366 g/mol. The van der Waals surface area contributed by atoms with Gasteiger partial charge in [0.1, 0.15) is 11.4 Å². The lowest BCUT2D eigenvalue weighted by atomic mass is 10.1. The normalized spacial score (nSPS) is 12.4. The molecule has 0 fully saturated rings. The smallest absolute Gasteiger partial charge is 0.271 e. The molecule has 0 saturated heterocycles. The molecule has 6 nitrogen and oxygen atoms in total. The van der Waals surface area contributed by atoms with E-state index in [0.29, 0.717) is 11.6 Å². The van der Waals surface area contributed by atoms with Crippen molar-refractivity contribution in [1.29, 1.82) is 0 Å². The molecule has 3 rings (SSSR count). The van der Waals surface area contributed by atoms with Crippen LogP contribution < -0.4 is 10.9 Å². The van der Waals surface area contributed by atoms with Crippen LogP contribution >= 0.6 is 0 Å². The minimum absolute atomic E-state index is 0.0990. The van der Waals surface area contributed by atoms with Crippen molar-refractivity contribution in [2.45, 2.75) is 47.1 Å². The fourth-order valence-electron chi connectivity index (χ4n) is 3.21. The molecule has 1 unspecified atom stereocenters. The Bertz CT molecular complexity index is 968. The van der Waals surface area contributed by atoms with Gasteiger partial charge in [-0.1, -0.05) is 25.1 Å². The van der Waals surface area contributed by atoms with E-state index in [2.05, 4.69) is 29.3 Å². The number of anilines is 1. The minimum Gasteiger partial charge on any atom is -0.372 e. The van der Waals surface area contributed by atoms with E-state index in [9.17, 15) is 4.79 Å². The monoisotopic (exact) mass is 366 g/mol. The third-order valence-electron chi connectivity index (χ3n) is 4.49. The van der Waals surface area contributed by atoms with Gasteiger partial charge in [-0.3, -0.25) is 9.78 Å². The van der Waals surface area contributed by atoms with E-state index in [1.54, 1.807) is 6.20 Å². The molecule has 0 aromatic carbocycles. The van der Waals surface area contributed by atoms with Crippen LogP contribution in [0.4, 0.5) is 5.69 Å². The van der Waals surface area contributed by atoms with Gasteiger partial charge in [-0.2, -0.15) is 0 Å². The molecule has 1 atom stereocenters. The molecule has 3 heterocycles. The zero-order valence-electron chi connectivity index (χ0n) is 16.5. The van der Waals surface area contributed by atoms with Crippen molar-refractivity contribution < 1.29 is 4.52 Å². The lowest BCUT2D eigenvalue weighted by Crippen LogP contribution is -2.17. The zero-order valence-corrected chi connectivity index (χ0v) is 16.5. The largest absolute Gasteiger partial charge is 0.372 e. The van der Waals surface area contributed by atoms with Gasteiger partial charge in [-0.15, -0.1) is 0 Å². The van der Waals surface area contributed by atoms with Crippen molar-refractivity contribution in [2.24, 2.45) is 5.92 Å². The average Bonchev–Trinajstić information content (AvgIpc) is 2.95. The highest BCUT2D eigenvalue weighted by Crippen LogP contribution is 2.27. The Morgan fingerprint density at radius 1 is 1.22 bits per heavy atom. The molecule has 3 aromatic heterocycles. The first-order valence-electron chi connectivity index (χ1n) is 9.23. The Kier molecular flexibility index (Phi) is 5.44. The predicted molar refractivity (Wildman–Crippen MR) is 107 cm³/mol. The second-order valence-electron chi connectivity index (χ2n) is 7.35. The summed E-state index contributed by atoms with van der Waals surface area (Å²) < 4.78 is 5.24. The predicted octanol–water partition coefficient (Wildman–Crippen LogP) is 4.41. The molecule has 0 aliphatic carbocycles. The Balaban J connectivity index is 1.87. The Morgan fingerprint density at radius 2 is 2.00 bits per heavy atom. The standard InChI is InChI=1S/C21H26N4O2/c1-12(2)9-17-7-6-8-18(24-17)13(3)23-19-10-16(11-22-21(19)26)20-14(4)25-27-15(20)5/h6-8,10-13,23H,9H2,1-5H3,(H,22,26). The van der Waals surface area contributed by atoms with Crippen LogP contribution in [0.3, 0.4) is 0 Å². The molecule has 142 valence electrons. The van der Waals surface area contributed by atoms with Gasteiger partial charge in [0.05, 0.1) is 17.4 Å². The van der Waals surface area contributed by atoms with Crippen molar-refractivity contribution in [3.8, 4) is 11.1 Å². The first kappa shape index (κ1) is 18.9. The fourth-order valence-corrected chi connectivity index (χ4v) is 3.21. The fraction of sp³-hybridized carbons (Fsp3) is 0.381. The number of nitrogens with zero attached hydrogens (tertiary/aromatic N) is 2. The molecular weight excluding hydrogens is 340 g/mol. The van der Waals surface area contributed by atoms with E-state index in [4.69, 9.17) is 9.51 Å². The van der Waals surface area contributed by atoms with Crippen LogP contribution in [0.25, 0.3) is 11.1 Å². The highest BCUT2D eigenvalue weighted by atomic mass is 16.5. The van der Waals surface area contributed by atoms with Crippen LogP contribution in [0.2, 0.25) is 0 Å². The van der Waals surface area contributed by atoms with Gasteiger partial charge in [0, 0.05) is 23.0 Å². The molecule has 27 heavy (non-hydrogen) atoms. The van der Waals surface area contributed by atoms with E-state index < -0.39 is 0 Å². The summed E-state index contributed by atoms with van der Waals surface area (Å²) in [6.07, 6.45) is 2.62. The second kappa shape index (κ2) is 7.78. The summed E-state index contributed by atoms with van der Waals surface area (Å²) in [6, 6.07) is 7.77. The lowest BCUT2D eigenvalue weighted by Gasteiger charge is -2.16. The van der Waals surface area contributed by atoms with E-state index in [-0.39, 0.29) is 11.6 Å². The molecule has 3 aromatic rings. The summed E-state index contributed by atoms with van der Waals surface area (Å²) in [7, 11) is 0. The van der Waals surface area contributed by atoms with Crippen LogP contribution in [-0.4, -0.2) is 15.1 Å². The van der Waals surface area contributed by atoms with Crippen LogP contribution in [-0.2, 0) is 6.42 Å². The molecule has 0 bridgehead atoms.